The number of methoxy groups -OCH3 is 1. The van der Waals surface area contributed by atoms with E-state index >= 15 is 0 Å². The molecule has 0 saturated heterocycles. The van der Waals surface area contributed by atoms with Crippen molar-refractivity contribution < 1.29 is 9.47 Å². The second-order valence-electron chi connectivity index (χ2n) is 4.13. The maximum absolute atomic E-state index is 5.84. The van der Waals surface area contributed by atoms with Crippen LogP contribution in [-0.4, -0.2) is 7.11 Å². The van der Waals surface area contributed by atoms with Gasteiger partial charge in [-0.3, -0.25) is 0 Å². The van der Waals surface area contributed by atoms with Gasteiger partial charge in [0.1, 0.15) is 6.61 Å². The van der Waals surface area contributed by atoms with Crippen LogP contribution in [0.3, 0.4) is 0 Å². The molecule has 19 heavy (non-hydrogen) atoms. The summed E-state index contributed by atoms with van der Waals surface area (Å²) < 4.78 is 11.1. The van der Waals surface area contributed by atoms with Crippen LogP contribution >= 0.6 is 22.9 Å². The van der Waals surface area contributed by atoms with Gasteiger partial charge in [0.15, 0.2) is 11.5 Å². The average molecular weight is 297 g/mol. The lowest BCUT2D eigenvalue weighted by Crippen LogP contribution is -1.96. The van der Waals surface area contributed by atoms with Crippen molar-refractivity contribution in [2.24, 2.45) is 0 Å². The standard InChI is InChI=1S/C15H17ClO2S/c1-3-12-5-6-13(19-12)10-18-15-8-11(9-16)4-7-14(15)17-2/h4-8H,3,9-10H2,1-2H3. The van der Waals surface area contributed by atoms with Gasteiger partial charge >= 0.3 is 0 Å². The lowest BCUT2D eigenvalue weighted by atomic mass is 10.2. The van der Waals surface area contributed by atoms with Crippen LogP contribution in [0.2, 0.25) is 0 Å². The molecule has 0 unspecified atom stereocenters. The maximum Gasteiger partial charge on any atom is 0.162 e. The van der Waals surface area contributed by atoms with E-state index in [0.717, 1.165) is 23.5 Å². The average Bonchev–Trinajstić information content (AvgIpc) is 2.92. The number of ether oxygens (including phenoxy) is 2. The molecule has 4 heteroatoms. The topological polar surface area (TPSA) is 18.5 Å². The fourth-order valence-electron chi connectivity index (χ4n) is 1.76. The van der Waals surface area contributed by atoms with Gasteiger partial charge in [-0.05, 0) is 36.2 Å². The number of rotatable bonds is 6. The van der Waals surface area contributed by atoms with E-state index in [0.29, 0.717) is 12.5 Å². The van der Waals surface area contributed by atoms with Gasteiger partial charge < -0.3 is 9.47 Å². The predicted molar refractivity (Wildman–Crippen MR) is 80.6 cm³/mol. The van der Waals surface area contributed by atoms with E-state index in [1.165, 1.54) is 9.75 Å². The summed E-state index contributed by atoms with van der Waals surface area (Å²) in [7, 11) is 1.64. The minimum absolute atomic E-state index is 0.472. The van der Waals surface area contributed by atoms with E-state index < -0.39 is 0 Å². The molecule has 0 radical (unpaired) electrons. The van der Waals surface area contributed by atoms with Crippen LogP contribution in [0.4, 0.5) is 0 Å². The van der Waals surface area contributed by atoms with Crippen LogP contribution in [0.5, 0.6) is 11.5 Å². The molecule has 1 aromatic carbocycles. The van der Waals surface area contributed by atoms with Gasteiger partial charge in [0.25, 0.3) is 0 Å². The van der Waals surface area contributed by atoms with Gasteiger partial charge in [-0.15, -0.1) is 22.9 Å². The molecular formula is C15H17ClO2S. The van der Waals surface area contributed by atoms with Crippen molar-refractivity contribution in [1.29, 1.82) is 0 Å². The largest absolute Gasteiger partial charge is 0.493 e. The molecule has 0 aliphatic rings. The van der Waals surface area contributed by atoms with E-state index in [2.05, 4.69) is 19.1 Å². The molecule has 0 fully saturated rings. The first-order valence-electron chi connectivity index (χ1n) is 6.20. The quantitative estimate of drug-likeness (QED) is 0.723. The lowest BCUT2D eigenvalue weighted by Gasteiger charge is -2.11. The second kappa shape index (κ2) is 6.83. The van der Waals surface area contributed by atoms with E-state index in [4.69, 9.17) is 21.1 Å². The number of aryl methyl sites for hydroxylation is 1. The summed E-state index contributed by atoms with van der Waals surface area (Å²) in [5, 5.41) is 0. The molecule has 2 nitrogen and oxygen atoms in total. The van der Waals surface area contributed by atoms with E-state index in [1.54, 1.807) is 18.4 Å². The fraction of sp³-hybridized carbons (Fsp3) is 0.333. The summed E-state index contributed by atoms with van der Waals surface area (Å²) in [6.45, 7) is 2.72. The highest BCUT2D eigenvalue weighted by molar-refractivity contribution is 7.11. The van der Waals surface area contributed by atoms with Crippen LogP contribution in [0.15, 0.2) is 30.3 Å². The Balaban J connectivity index is 2.09. The Morgan fingerprint density at radius 3 is 2.53 bits per heavy atom. The first kappa shape index (κ1) is 14.2. The van der Waals surface area contributed by atoms with E-state index in [-0.39, 0.29) is 0 Å². The van der Waals surface area contributed by atoms with Gasteiger partial charge in [0.2, 0.25) is 0 Å². The molecule has 1 aromatic heterocycles. The monoisotopic (exact) mass is 296 g/mol. The Bertz CT molecular complexity index is 537. The molecule has 2 rings (SSSR count). The highest BCUT2D eigenvalue weighted by Gasteiger charge is 2.07. The minimum Gasteiger partial charge on any atom is -0.493 e. The number of hydrogen-bond donors (Lipinski definition) is 0. The fourth-order valence-corrected chi connectivity index (χ4v) is 2.79. The number of benzene rings is 1. The Morgan fingerprint density at radius 2 is 1.89 bits per heavy atom. The Labute approximate surface area is 122 Å². The van der Waals surface area contributed by atoms with Crippen LogP contribution in [0.1, 0.15) is 22.2 Å². The smallest absolute Gasteiger partial charge is 0.162 e. The number of hydrogen-bond acceptors (Lipinski definition) is 3. The molecule has 0 bridgehead atoms. The van der Waals surface area contributed by atoms with Crippen molar-refractivity contribution in [3.05, 3.63) is 45.6 Å². The van der Waals surface area contributed by atoms with Gasteiger partial charge in [-0.1, -0.05) is 13.0 Å². The lowest BCUT2D eigenvalue weighted by molar-refractivity contribution is 0.287. The van der Waals surface area contributed by atoms with Gasteiger partial charge in [0.05, 0.1) is 7.11 Å². The highest BCUT2D eigenvalue weighted by atomic mass is 35.5. The third kappa shape index (κ3) is 3.64. The van der Waals surface area contributed by atoms with Crippen molar-refractivity contribution in [2.45, 2.75) is 25.8 Å². The first-order chi connectivity index (χ1) is 9.26. The highest BCUT2D eigenvalue weighted by Crippen LogP contribution is 2.30. The van der Waals surface area contributed by atoms with Gasteiger partial charge in [0, 0.05) is 15.6 Å². The zero-order valence-corrected chi connectivity index (χ0v) is 12.7. The van der Waals surface area contributed by atoms with Crippen LogP contribution in [-0.2, 0) is 18.9 Å². The molecule has 0 saturated carbocycles. The summed E-state index contributed by atoms with van der Waals surface area (Å²) in [5.74, 6) is 1.95. The number of thiophene rings is 1. The maximum atomic E-state index is 5.84. The molecule has 102 valence electrons. The summed E-state index contributed by atoms with van der Waals surface area (Å²) in [6, 6.07) is 10.0. The summed E-state index contributed by atoms with van der Waals surface area (Å²) >= 11 is 7.62. The van der Waals surface area contributed by atoms with Crippen LogP contribution < -0.4 is 9.47 Å². The Morgan fingerprint density at radius 1 is 1.11 bits per heavy atom. The van der Waals surface area contributed by atoms with E-state index in [9.17, 15) is 0 Å². The minimum atomic E-state index is 0.472. The summed E-state index contributed by atoms with van der Waals surface area (Å²) in [5.41, 5.74) is 1.03. The van der Waals surface area contributed by atoms with Crippen molar-refractivity contribution in [1.82, 2.24) is 0 Å². The van der Waals surface area contributed by atoms with Crippen molar-refractivity contribution in [2.75, 3.05) is 7.11 Å². The Kier molecular flexibility index (Phi) is 5.11. The van der Waals surface area contributed by atoms with Crippen LogP contribution in [0.25, 0.3) is 0 Å². The molecule has 0 amide bonds. The molecule has 0 aliphatic carbocycles. The second-order valence-corrected chi connectivity index (χ2v) is 5.65. The first-order valence-corrected chi connectivity index (χ1v) is 7.55. The van der Waals surface area contributed by atoms with Gasteiger partial charge in [-0.25, -0.2) is 0 Å². The third-order valence-electron chi connectivity index (χ3n) is 2.82. The molecule has 2 aromatic rings. The zero-order valence-electron chi connectivity index (χ0n) is 11.1. The van der Waals surface area contributed by atoms with Crippen LogP contribution in [0, 0.1) is 0 Å². The van der Waals surface area contributed by atoms with E-state index in [1.807, 2.05) is 18.2 Å². The van der Waals surface area contributed by atoms with Gasteiger partial charge in [-0.2, -0.15) is 0 Å². The predicted octanol–water partition coefficient (Wildman–Crippen LogP) is 4.64. The molecule has 0 N–H and O–H groups in total. The number of alkyl halides is 1. The van der Waals surface area contributed by atoms with Crippen molar-refractivity contribution in [3.63, 3.8) is 0 Å². The Hall–Kier alpha value is -1.19. The summed E-state index contributed by atoms with van der Waals surface area (Å²) in [6.07, 6.45) is 1.07. The molecule has 0 aliphatic heterocycles. The molecule has 1 heterocycles. The van der Waals surface area contributed by atoms with Crippen molar-refractivity contribution in [3.8, 4) is 11.5 Å². The molecule has 0 spiro atoms. The third-order valence-corrected chi connectivity index (χ3v) is 4.33. The zero-order chi connectivity index (χ0) is 13.7. The molecule has 0 atom stereocenters. The molecular weight excluding hydrogens is 280 g/mol. The van der Waals surface area contributed by atoms with Crippen molar-refractivity contribution >= 4 is 22.9 Å². The normalized spacial score (nSPS) is 10.5. The SMILES string of the molecule is CCc1ccc(COc2cc(CCl)ccc2OC)s1. The number of halogens is 1. The summed E-state index contributed by atoms with van der Waals surface area (Å²) in [4.78, 5) is 2.59.